The molecule has 1 aromatic heterocycles. The largest absolute Gasteiger partial charge is 0.493 e. The van der Waals surface area contributed by atoms with Crippen molar-refractivity contribution < 1.29 is 17.9 Å². The Balaban J connectivity index is 1.47. The topological polar surface area (TPSA) is 86.0 Å². The number of aliphatic imine (C=N–C) groups is 1. The van der Waals surface area contributed by atoms with Crippen molar-refractivity contribution in [1.82, 2.24) is 14.1 Å². The molecule has 0 radical (unpaired) electrons. The standard InChI is InChI=1S/C29H30N4O4S/c1-36-27-16-11-22(19-28(27)37-2)29-23(21-33(31-29)25-9-5-3-6-10-25)20-30-24-12-14-26(15-13-24)38(34,35)32-17-7-4-8-18-32/h3,5-6,9-16,19-21H,4,7-8,17-18H2,1-2H3. The summed E-state index contributed by atoms with van der Waals surface area (Å²) in [6.07, 6.45) is 6.54. The van der Waals surface area contributed by atoms with Gasteiger partial charge in [0.2, 0.25) is 10.0 Å². The smallest absolute Gasteiger partial charge is 0.243 e. The molecule has 9 heteroatoms. The summed E-state index contributed by atoms with van der Waals surface area (Å²) in [7, 11) is -0.283. The molecule has 0 atom stereocenters. The number of para-hydroxylation sites is 1. The van der Waals surface area contributed by atoms with E-state index in [1.54, 1.807) is 49.0 Å². The van der Waals surface area contributed by atoms with E-state index < -0.39 is 10.0 Å². The average molecular weight is 531 g/mol. The number of hydrogen-bond donors (Lipinski definition) is 0. The predicted octanol–water partition coefficient (Wildman–Crippen LogP) is 5.48. The minimum Gasteiger partial charge on any atom is -0.493 e. The van der Waals surface area contributed by atoms with Crippen molar-refractivity contribution in [2.75, 3.05) is 27.3 Å². The molecule has 4 aromatic rings. The van der Waals surface area contributed by atoms with E-state index in [4.69, 9.17) is 14.6 Å². The lowest BCUT2D eigenvalue weighted by Gasteiger charge is -2.25. The van der Waals surface area contributed by atoms with E-state index in [1.165, 1.54) is 0 Å². The summed E-state index contributed by atoms with van der Waals surface area (Å²) in [4.78, 5) is 4.93. The third-order valence-corrected chi connectivity index (χ3v) is 8.48. The third kappa shape index (κ3) is 5.34. The Kier molecular flexibility index (Phi) is 7.57. The molecule has 2 heterocycles. The van der Waals surface area contributed by atoms with Crippen molar-refractivity contribution in [3.63, 3.8) is 0 Å². The normalized spacial score (nSPS) is 14.6. The monoisotopic (exact) mass is 530 g/mol. The Morgan fingerprint density at radius 2 is 1.58 bits per heavy atom. The van der Waals surface area contributed by atoms with Crippen LogP contribution in [0.1, 0.15) is 24.8 Å². The van der Waals surface area contributed by atoms with Crippen LogP contribution in [-0.4, -0.2) is 56.0 Å². The Bertz CT molecular complexity index is 1520. The van der Waals surface area contributed by atoms with Gasteiger partial charge in [-0.05, 0) is 67.4 Å². The van der Waals surface area contributed by atoms with Crippen molar-refractivity contribution in [2.24, 2.45) is 4.99 Å². The van der Waals surface area contributed by atoms with Crippen LogP contribution in [0.2, 0.25) is 0 Å². The van der Waals surface area contributed by atoms with Crippen LogP contribution < -0.4 is 9.47 Å². The third-order valence-electron chi connectivity index (χ3n) is 6.56. The van der Waals surface area contributed by atoms with Gasteiger partial charge in [-0.3, -0.25) is 4.99 Å². The fourth-order valence-electron chi connectivity index (χ4n) is 4.51. The summed E-state index contributed by atoms with van der Waals surface area (Å²) in [5.41, 5.74) is 3.94. The first kappa shape index (κ1) is 25.7. The highest BCUT2D eigenvalue weighted by Crippen LogP contribution is 2.33. The Morgan fingerprint density at radius 3 is 2.26 bits per heavy atom. The van der Waals surface area contributed by atoms with Crippen LogP contribution >= 0.6 is 0 Å². The minimum absolute atomic E-state index is 0.293. The Hall–Kier alpha value is -3.95. The second-order valence-corrected chi connectivity index (χ2v) is 10.9. The molecule has 8 nitrogen and oxygen atoms in total. The predicted molar refractivity (Wildman–Crippen MR) is 148 cm³/mol. The van der Waals surface area contributed by atoms with Gasteiger partial charge in [0.25, 0.3) is 0 Å². The number of rotatable bonds is 8. The maximum Gasteiger partial charge on any atom is 0.243 e. The van der Waals surface area contributed by atoms with Gasteiger partial charge in [0.1, 0.15) is 5.69 Å². The molecule has 1 saturated heterocycles. The van der Waals surface area contributed by atoms with Crippen molar-refractivity contribution in [1.29, 1.82) is 0 Å². The lowest BCUT2D eigenvalue weighted by molar-refractivity contribution is 0.346. The molecule has 5 rings (SSSR count). The van der Waals surface area contributed by atoms with Crippen LogP contribution in [0.4, 0.5) is 5.69 Å². The zero-order valence-corrected chi connectivity index (χ0v) is 22.3. The first-order valence-electron chi connectivity index (χ1n) is 12.5. The maximum absolute atomic E-state index is 13.0. The molecule has 0 unspecified atom stereocenters. The van der Waals surface area contributed by atoms with Gasteiger partial charge >= 0.3 is 0 Å². The summed E-state index contributed by atoms with van der Waals surface area (Å²) in [6.45, 7) is 1.15. The van der Waals surface area contributed by atoms with Gasteiger partial charge in [-0.15, -0.1) is 0 Å². The van der Waals surface area contributed by atoms with Crippen molar-refractivity contribution >= 4 is 21.9 Å². The van der Waals surface area contributed by atoms with Crippen LogP contribution in [0.3, 0.4) is 0 Å². The first-order valence-corrected chi connectivity index (χ1v) is 14.0. The summed E-state index contributed by atoms with van der Waals surface area (Å²) < 4.78 is 40.2. The zero-order valence-electron chi connectivity index (χ0n) is 21.4. The fourth-order valence-corrected chi connectivity index (χ4v) is 6.02. The summed E-state index contributed by atoms with van der Waals surface area (Å²) in [5, 5.41) is 4.84. The number of methoxy groups -OCH3 is 2. The number of benzene rings is 3. The molecule has 1 aliphatic heterocycles. The van der Waals surface area contributed by atoms with E-state index in [9.17, 15) is 8.42 Å². The lowest BCUT2D eigenvalue weighted by Crippen LogP contribution is -2.35. The first-order chi connectivity index (χ1) is 18.5. The minimum atomic E-state index is -3.48. The van der Waals surface area contributed by atoms with E-state index in [0.29, 0.717) is 35.2 Å². The lowest BCUT2D eigenvalue weighted by atomic mass is 10.1. The van der Waals surface area contributed by atoms with E-state index in [1.807, 2.05) is 59.4 Å². The highest BCUT2D eigenvalue weighted by atomic mass is 32.2. The molecule has 1 aliphatic rings. The number of ether oxygens (including phenoxy) is 2. The molecular formula is C29H30N4O4S. The van der Waals surface area contributed by atoms with E-state index in [2.05, 4.69) is 4.99 Å². The summed E-state index contributed by atoms with van der Waals surface area (Å²) >= 11 is 0. The molecule has 0 bridgehead atoms. The molecule has 0 spiro atoms. The van der Waals surface area contributed by atoms with Crippen LogP contribution in [0.25, 0.3) is 16.9 Å². The van der Waals surface area contributed by atoms with Gasteiger partial charge in [-0.1, -0.05) is 24.6 Å². The molecule has 0 saturated carbocycles. The van der Waals surface area contributed by atoms with Gasteiger partial charge in [0.15, 0.2) is 11.5 Å². The fraction of sp³-hybridized carbons (Fsp3) is 0.241. The molecule has 38 heavy (non-hydrogen) atoms. The second-order valence-electron chi connectivity index (χ2n) is 9.00. The van der Waals surface area contributed by atoms with E-state index in [0.717, 1.165) is 41.8 Å². The van der Waals surface area contributed by atoms with Crippen molar-refractivity contribution in [2.45, 2.75) is 24.2 Å². The van der Waals surface area contributed by atoms with Gasteiger partial charge in [-0.25, -0.2) is 13.1 Å². The van der Waals surface area contributed by atoms with E-state index >= 15 is 0 Å². The number of nitrogens with zero attached hydrogens (tertiary/aromatic N) is 4. The summed E-state index contributed by atoms with van der Waals surface area (Å²) in [5.74, 6) is 1.24. The molecular weight excluding hydrogens is 500 g/mol. The van der Waals surface area contributed by atoms with Crippen LogP contribution in [-0.2, 0) is 10.0 Å². The number of sulfonamides is 1. The molecule has 196 valence electrons. The number of piperidine rings is 1. The quantitative estimate of drug-likeness (QED) is 0.282. The summed E-state index contributed by atoms with van der Waals surface area (Å²) in [6, 6.07) is 22.2. The van der Waals surface area contributed by atoms with Crippen LogP contribution in [0.15, 0.2) is 88.9 Å². The van der Waals surface area contributed by atoms with Crippen LogP contribution in [0.5, 0.6) is 11.5 Å². The highest BCUT2D eigenvalue weighted by molar-refractivity contribution is 7.89. The Morgan fingerprint density at radius 1 is 0.868 bits per heavy atom. The molecule has 0 N–H and O–H groups in total. The molecule has 0 amide bonds. The van der Waals surface area contributed by atoms with Gasteiger partial charge < -0.3 is 9.47 Å². The molecule has 3 aromatic carbocycles. The SMILES string of the molecule is COc1ccc(-c2nn(-c3ccccc3)cc2C=Nc2ccc(S(=O)(=O)N3CCCCC3)cc2)cc1OC. The van der Waals surface area contributed by atoms with Crippen molar-refractivity contribution in [3.05, 3.63) is 84.6 Å². The van der Waals surface area contributed by atoms with Gasteiger partial charge in [0.05, 0.1) is 30.5 Å². The highest BCUT2D eigenvalue weighted by Gasteiger charge is 2.25. The van der Waals surface area contributed by atoms with Gasteiger partial charge in [0, 0.05) is 36.6 Å². The molecule has 1 fully saturated rings. The second kappa shape index (κ2) is 11.2. The number of aromatic nitrogens is 2. The maximum atomic E-state index is 13.0. The number of hydrogen-bond acceptors (Lipinski definition) is 6. The zero-order chi connectivity index (χ0) is 26.5. The average Bonchev–Trinajstić information content (AvgIpc) is 3.41. The van der Waals surface area contributed by atoms with E-state index in [-0.39, 0.29) is 0 Å². The van der Waals surface area contributed by atoms with Crippen LogP contribution in [0, 0.1) is 0 Å². The molecule has 0 aliphatic carbocycles. The van der Waals surface area contributed by atoms with Gasteiger partial charge in [-0.2, -0.15) is 9.40 Å². The Labute approximate surface area is 223 Å². The van der Waals surface area contributed by atoms with Crippen molar-refractivity contribution in [3.8, 4) is 28.4 Å².